The SMILES string of the molecule is [CH2]c1cccc(Nc2nc(Nc3cc4c(cc3OC)CCN(C)C4)ncc2C(N)=O)c1. The van der Waals surface area contributed by atoms with Crippen LogP contribution in [0, 0.1) is 6.92 Å². The summed E-state index contributed by atoms with van der Waals surface area (Å²) in [5, 5.41) is 6.36. The number of primary amides is 1. The molecule has 0 unspecified atom stereocenters. The highest BCUT2D eigenvalue weighted by atomic mass is 16.5. The van der Waals surface area contributed by atoms with E-state index in [0.29, 0.717) is 17.5 Å². The van der Waals surface area contributed by atoms with E-state index in [0.717, 1.165) is 36.4 Å². The van der Waals surface area contributed by atoms with E-state index >= 15 is 0 Å². The molecule has 0 aliphatic carbocycles. The molecule has 8 heteroatoms. The largest absolute Gasteiger partial charge is 0.495 e. The fraction of sp³-hybridized carbons (Fsp3) is 0.217. The first-order chi connectivity index (χ1) is 14.9. The van der Waals surface area contributed by atoms with Gasteiger partial charge in [0.1, 0.15) is 17.1 Å². The number of nitrogens with one attached hydrogen (secondary N) is 2. The van der Waals surface area contributed by atoms with Crippen molar-refractivity contribution in [3.63, 3.8) is 0 Å². The Hall–Kier alpha value is -3.65. The zero-order valence-electron chi connectivity index (χ0n) is 17.6. The summed E-state index contributed by atoms with van der Waals surface area (Å²) in [4.78, 5) is 22.9. The van der Waals surface area contributed by atoms with Crippen molar-refractivity contribution in [1.29, 1.82) is 0 Å². The van der Waals surface area contributed by atoms with Gasteiger partial charge in [-0.05, 0) is 61.3 Å². The highest BCUT2D eigenvalue weighted by Gasteiger charge is 2.18. The van der Waals surface area contributed by atoms with Crippen LogP contribution in [-0.2, 0) is 13.0 Å². The second-order valence-electron chi connectivity index (χ2n) is 7.58. The lowest BCUT2D eigenvalue weighted by Gasteiger charge is -2.26. The van der Waals surface area contributed by atoms with Gasteiger partial charge in [0, 0.05) is 25.0 Å². The molecular formula is C23H25N6O2. The number of fused-ring (bicyclic) bond motifs is 1. The summed E-state index contributed by atoms with van der Waals surface area (Å²) >= 11 is 0. The van der Waals surface area contributed by atoms with E-state index < -0.39 is 5.91 Å². The normalized spacial score (nSPS) is 13.4. The number of benzene rings is 2. The van der Waals surface area contributed by atoms with Gasteiger partial charge in [-0.3, -0.25) is 4.79 Å². The lowest BCUT2D eigenvalue weighted by Crippen LogP contribution is -2.26. The summed E-state index contributed by atoms with van der Waals surface area (Å²) in [5.74, 6) is 0.729. The minimum Gasteiger partial charge on any atom is -0.495 e. The summed E-state index contributed by atoms with van der Waals surface area (Å²) < 4.78 is 5.58. The molecule has 2 aromatic carbocycles. The molecule has 0 saturated carbocycles. The number of rotatable bonds is 6. The first-order valence-electron chi connectivity index (χ1n) is 9.94. The zero-order valence-corrected chi connectivity index (χ0v) is 17.6. The maximum Gasteiger partial charge on any atom is 0.254 e. The quantitative estimate of drug-likeness (QED) is 0.565. The second kappa shape index (κ2) is 8.61. The molecule has 1 aliphatic rings. The van der Waals surface area contributed by atoms with Gasteiger partial charge in [-0.2, -0.15) is 4.98 Å². The Balaban J connectivity index is 1.67. The third-order valence-electron chi connectivity index (χ3n) is 5.22. The fourth-order valence-corrected chi connectivity index (χ4v) is 3.62. The van der Waals surface area contributed by atoms with Crippen LogP contribution in [0.15, 0.2) is 42.6 Å². The number of carbonyl (C=O) groups is 1. The number of methoxy groups -OCH3 is 1. The maximum atomic E-state index is 11.9. The Morgan fingerprint density at radius 3 is 2.81 bits per heavy atom. The van der Waals surface area contributed by atoms with Gasteiger partial charge in [-0.1, -0.05) is 12.1 Å². The number of anilines is 4. The number of hydrogen-bond acceptors (Lipinski definition) is 7. The van der Waals surface area contributed by atoms with E-state index in [-0.39, 0.29) is 5.56 Å². The second-order valence-corrected chi connectivity index (χ2v) is 7.58. The van der Waals surface area contributed by atoms with Crippen molar-refractivity contribution in [2.24, 2.45) is 5.73 Å². The van der Waals surface area contributed by atoms with Crippen LogP contribution >= 0.6 is 0 Å². The van der Waals surface area contributed by atoms with Crippen LogP contribution in [0.2, 0.25) is 0 Å². The molecule has 2 heterocycles. The molecule has 0 fully saturated rings. The molecular weight excluding hydrogens is 392 g/mol. The molecule has 0 atom stereocenters. The number of aromatic nitrogens is 2. The molecule has 1 amide bonds. The Kier molecular flexibility index (Phi) is 5.73. The minimum atomic E-state index is -0.616. The van der Waals surface area contributed by atoms with Crippen molar-refractivity contribution in [1.82, 2.24) is 14.9 Å². The van der Waals surface area contributed by atoms with Gasteiger partial charge in [0.2, 0.25) is 5.95 Å². The fourth-order valence-electron chi connectivity index (χ4n) is 3.62. The summed E-state index contributed by atoms with van der Waals surface area (Å²) in [6, 6.07) is 11.6. The molecule has 0 bridgehead atoms. The number of nitrogens with zero attached hydrogens (tertiary/aromatic N) is 3. The Morgan fingerprint density at radius 1 is 1.23 bits per heavy atom. The van der Waals surface area contributed by atoms with Crippen molar-refractivity contribution in [3.05, 3.63) is 71.8 Å². The van der Waals surface area contributed by atoms with Crippen molar-refractivity contribution < 1.29 is 9.53 Å². The van der Waals surface area contributed by atoms with E-state index in [9.17, 15) is 4.79 Å². The summed E-state index contributed by atoms with van der Waals surface area (Å²) in [6.07, 6.45) is 2.39. The van der Waals surface area contributed by atoms with E-state index in [1.165, 1.54) is 17.3 Å². The van der Waals surface area contributed by atoms with Crippen LogP contribution in [0.1, 0.15) is 27.0 Å². The average molecular weight is 417 g/mol. The van der Waals surface area contributed by atoms with Gasteiger partial charge in [0.15, 0.2) is 0 Å². The first kappa shape index (κ1) is 20.6. The molecule has 1 radical (unpaired) electrons. The molecule has 1 aromatic heterocycles. The predicted molar refractivity (Wildman–Crippen MR) is 121 cm³/mol. The molecule has 4 rings (SSSR count). The standard InChI is InChI=1S/C23H25N6O2/c1-14-5-4-6-17(9-14)26-22-18(21(24)30)12-25-23(28-22)27-19-10-16-13-29(2)8-7-15(16)11-20(19)31-3/h4-6,9-12H,1,7-8,13H2,2-3H3,(H2,24,30)(H2,25,26,27,28). The van der Waals surface area contributed by atoms with Crippen LogP contribution in [0.3, 0.4) is 0 Å². The molecule has 31 heavy (non-hydrogen) atoms. The number of nitrogens with two attached hydrogens (primary N) is 1. The molecule has 1 aliphatic heterocycles. The molecule has 4 N–H and O–H groups in total. The number of carbonyl (C=O) groups excluding carboxylic acids is 1. The van der Waals surface area contributed by atoms with E-state index in [1.54, 1.807) is 7.11 Å². The van der Waals surface area contributed by atoms with Crippen LogP contribution < -0.4 is 21.1 Å². The van der Waals surface area contributed by atoms with E-state index in [4.69, 9.17) is 10.5 Å². The summed E-state index contributed by atoms with van der Waals surface area (Å²) in [6.45, 7) is 5.80. The number of ether oxygens (including phenoxy) is 1. The molecule has 8 nitrogen and oxygen atoms in total. The number of likely N-dealkylation sites (N-methyl/N-ethyl adjacent to an activating group) is 1. The molecule has 159 valence electrons. The molecule has 3 aromatic rings. The van der Waals surface area contributed by atoms with E-state index in [1.807, 2.05) is 24.3 Å². The van der Waals surface area contributed by atoms with Gasteiger partial charge in [0.25, 0.3) is 5.91 Å². The highest BCUT2D eigenvalue weighted by molar-refractivity contribution is 5.98. The Labute approximate surface area is 181 Å². The van der Waals surface area contributed by atoms with E-state index in [2.05, 4.69) is 51.6 Å². The third kappa shape index (κ3) is 4.59. The smallest absolute Gasteiger partial charge is 0.254 e. The first-order valence-corrected chi connectivity index (χ1v) is 9.94. The minimum absolute atomic E-state index is 0.194. The van der Waals surface area contributed by atoms with Gasteiger partial charge in [-0.25, -0.2) is 4.98 Å². The van der Waals surface area contributed by atoms with Crippen molar-refractivity contribution in [2.75, 3.05) is 31.3 Å². The third-order valence-corrected chi connectivity index (χ3v) is 5.22. The van der Waals surface area contributed by atoms with Gasteiger partial charge < -0.3 is 26.0 Å². The van der Waals surface area contributed by atoms with Gasteiger partial charge >= 0.3 is 0 Å². The maximum absolute atomic E-state index is 11.9. The van der Waals surface area contributed by atoms with Crippen molar-refractivity contribution in [2.45, 2.75) is 13.0 Å². The van der Waals surface area contributed by atoms with Gasteiger partial charge in [0.05, 0.1) is 12.8 Å². The average Bonchev–Trinajstić information content (AvgIpc) is 2.73. The topological polar surface area (TPSA) is 105 Å². The lowest BCUT2D eigenvalue weighted by atomic mass is 9.99. The van der Waals surface area contributed by atoms with Crippen LogP contribution in [0.25, 0.3) is 0 Å². The number of hydrogen-bond donors (Lipinski definition) is 3. The van der Waals surface area contributed by atoms with Crippen LogP contribution in [0.5, 0.6) is 5.75 Å². The predicted octanol–water partition coefficient (Wildman–Crippen LogP) is 3.24. The Bertz CT molecular complexity index is 1130. The highest BCUT2D eigenvalue weighted by Crippen LogP contribution is 2.33. The van der Waals surface area contributed by atoms with Crippen LogP contribution in [-0.4, -0.2) is 41.5 Å². The molecule has 0 saturated heterocycles. The van der Waals surface area contributed by atoms with Crippen molar-refractivity contribution >= 4 is 29.0 Å². The summed E-state index contributed by atoms with van der Waals surface area (Å²) in [5.41, 5.74) is 10.6. The van der Waals surface area contributed by atoms with Gasteiger partial charge in [-0.15, -0.1) is 0 Å². The van der Waals surface area contributed by atoms with Crippen molar-refractivity contribution in [3.8, 4) is 5.75 Å². The number of amides is 1. The van der Waals surface area contributed by atoms with Crippen LogP contribution in [0.4, 0.5) is 23.1 Å². The summed E-state index contributed by atoms with van der Waals surface area (Å²) in [7, 11) is 3.74. The zero-order chi connectivity index (χ0) is 22.0. The monoisotopic (exact) mass is 417 g/mol. The lowest BCUT2D eigenvalue weighted by molar-refractivity contribution is 0.100. The molecule has 0 spiro atoms. The Morgan fingerprint density at radius 2 is 2.06 bits per heavy atom.